The predicted molar refractivity (Wildman–Crippen MR) is 128 cm³/mol. The van der Waals surface area contributed by atoms with E-state index in [0.717, 1.165) is 21.9 Å². The SMILES string of the molecule is COc1ccc([C@H](CC(C)C)NC(=O)[C@@H](C)N(c2ccc3c(c2)OCCO3)S(C)(=O)=O)cc1. The van der Waals surface area contributed by atoms with Gasteiger partial charge in [-0.25, -0.2) is 8.42 Å². The number of nitrogens with zero attached hydrogens (tertiary/aromatic N) is 1. The molecule has 2 atom stereocenters. The molecule has 0 spiro atoms. The number of amides is 1. The molecule has 180 valence electrons. The molecule has 0 aromatic heterocycles. The molecule has 0 radical (unpaired) electrons. The van der Waals surface area contributed by atoms with Crippen molar-refractivity contribution in [3.05, 3.63) is 48.0 Å². The molecule has 1 amide bonds. The van der Waals surface area contributed by atoms with Gasteiger partial charge >= 0.3 is 0 Å². The normalized spacial score (nSPS) is 15.0. The minimum absolute atomic E-state index is 0.271. The van der Waals surface area contributed by atoms with Gasteiger partial charge in [0, 0.05) is 6.07 Å². The Bertz CT molecular complexity index is 1070. The van der Waals surface area contributed by atoms with Gasteiger partial charge in [0.15, 0.2) is 11.5 Å². The van der Waals surface area contributed by atoms with Gasteiger partial charge in [0.05, 0.1) is 25.1 Å². The molecular formula is C24H32N2O6S. The van der Waals surface area contributed by atoms with E-state index in [1.165, 1.54) is 0 Å². The second-order valence-electron chi connectivity index (χ2n) is 8.53. The lowest BCUT2D eigenvalue weighted by atomic mass is 9.96. The van der Waals surface area contributed by atoms with Crippen LogP contribution in [0.1, 0.15) is 38.8 Å². The number of nitrogens with one attached hydrogen (secondary N) is 1. The van der Waals surface area contributed by atoms with E-state index >= 15 is 0 Å². The Kier molecular flexibility index (Phi) is 7.73. The number of anilines is 1. The second kappa shape index (κ2) is 10.3. The highest BCUT2D eigenvalue weighted by atomic mass is 32.2. The Morgan fingerprint density at radius 2 is 1.70 bits per heavy atom. The number of fused-ring (bicyclic) bond motifs is 1. The highest BCUT2D eigenvalue weighted by Crippen LogP contribution is 2.35. The van der Waals surface area contributed by atoms with Crippen LogP contribution in [0.3, 0.4) is 0 Å². The molecule has 0 fully saturated rings. The molecule has 2 aromatic carbocycles. The standard InChI is InChI=1S/C24H32N2O6S/c1-16(2)14-21(18-6-9-20(30-4)10-7-18)25-24(27)17(3)26(33(5,28)29)19-8-11-22-23(15-19)32-13-12-31-22/h6-11,15-17,21H,12-14H2,1-5H3,(H,25,27)/t17-,21+/m1/s1. The smallest absolute Gasteiger partial charge is 0.244 e. The third kappa shape index (κ3) is 6.10. The van der Waals surface area contributed by atoms with Crippen LogP contribution in [0, 0.1) is 5.92 Å². The summed E-state index contributed by atoms with van der Waals surface area (Å²) >= 11 is 0. The van der Waals surface area contributed by atoms with Crippen LogP contribution < -0.4 is 23.8 Å². The van der Waals surface area contributed by atoms with Crippen LogP contribution in [-0.2, 0) is 14.8 Å². The lowest BCUT2D eigenvalue weighted by molar-refractivity contribution is -0.122. The molecule has 0 saturated carbocycles. The number of benzene rings is 2. The van der Waals surface area contributed by atoms with E-state index in [4.69, 9.17) is 14.2 Å². The van der Waals surface area contributed by atoms with Gasteiger partial charge in [-0.1, -0.05) is 26.0 Å². The number of hydrogen-bond donors (Lipinski definition) is 1. The predicted octanol–water partition coefficient (Wildman–Crippen LogP) is 3.52. The number of ether oxygens (including phenoxy) is 3. The number of sulfonamides is 1. The van der Waals surface area contributed by atoms with Crippen molar-refractivity contribution >= 4 is 21.6 Å². The van der Waals surface area contributed by atoms with Gasteiger partial charge < -0.3 is 19.5 Å². The highest BCUT2D eigenvalue weighted by molar-refractivity contribution is 7.92. The molecule has 3 rings (SSSR count). The van der Waals surface area contributed by atoms with Crippen molar-refractivity contribution in [2.75, 3.05) is 30.9 Å². The fourth-order valence-electron chi connectivity index (χ4n) is 3.86. The highest BCUT2D eigenvalue weighted by Gasteiger charge is 2.31. The summed E-state index contributed by atoms with van der Waals surface area (Å²) in [5, 5.41) is 3.04. The summed E-state index contributed by atoms with van der Waals surface area (Å²) in [5.74, 6) is 1.65. The summed E-state index contributed by atoms with van der Waals surface area (Å²) in [5.41, 5.74) is 1.27. The van der Waals surface area contributed by atoms with Crippen molar-refractivity contribution in [1.29, 1.82) is 0 Å². The van der Waals surface area contributed by atoms with Gasteiger partial charge in [-0.15, -0.1) is 0 Å². The Morgan fingerprint density at radius 3 is 2.27 bits per heavy atom. The van der Waals surface area contributed by atoms with Gasteiger partial charge in [0.2, 0.25) is 15.9 Å². The molecule has 0 bridgehead atoms. The van der Waals surface area contributed by atoms with Crippen molar-refractivity contribution in [3.63, 3.8) is 0 Å². The zero-order chi connectivity index (χ0) is 24.2. The molecule has 2 aromatic rings. The van der Waals surface area contributed by atoms with E-state index in [2.05, 4.69) is 19.2 Å². The van der Waals surface area contributed by atoms with Crippen LogP contribution in [0.2, 0.25) is 0 Å². The molecule has 1 N–H and O–H groups in total. The molecule has 1 aliphatic rings. The van der Waals surface area contributed by atoms with Crippen LogP contribution in [0.25, 0.3) is 0 Å². The number of carbonyl (C=O) groups excluding carboxylic acids is 1. The lowest BCUT2D eigenvalue weighted by Crippen LogP contribution is -2.48. The largest absolute Gasteiger partial charge is 0.497 e. The molecule has 0 unspecified atom stereocenters. The van der Waals surface area contributed by atoms with E-state index in [1.807, 2.05) is 24.3 Å². The first-order valence-corrected chi connectivity index (χ1v) is 12.8. The van der Waals surface area contributed by atoms with Crippen molar-refractivity contribution in [1.82, 2.24) is 5.32 Å². The molecule has 8 nitrogen and oxygen atoms in total. The molecule has 1 aliphatic heterocycles. The summed E-state index contributed by atoms with van der Waals surface area (Å²) in [6.07, 6.45) is 1.79. The Labute approximate surface area is 195 Å². The zero-order valence-corrected chi connectivity index (χ0v) is 20.5. The fourth-order valence-corrected chi connectivity index (χ4v) is 5.02. The summed E-state index contributed by atoms with van der Waals surface area (Å²) in [6.45, 7) is 6.54. The Morgan fingerprint density at radius 1 is 1.06 bits per heavy atom. The van der Waals surface area contributed by atoms with Crippen molar-refractivity contribution < 1.29 is 27.4 Å². The monoisotopic (exact) mass is 476 g/mol. The molecular weight excluding hydrogens is 444 g/mol. The van der Waals surface area contributed by atoms with E-state index in [-0.39, 0.29) is 6.04 Å². The van der Waals surface area contributed by atoms with Crippen molar-refractivity contribution in [2.24, 2.45) is 5.92 Å². The van der Waals surface area contributed by atoms with E-state index in [0.29, 0.717) is 42.7 Å². The van der Waals surface area contributed by atoms with Crippen LogP contribution >= 0.6 is 0 Å². The first-order chi connectivity index (χ1) is 15.6. The quantitative estimate of drug-likeness (QED) is 0.595. The third-order valence-corrected chi connectivity index (χ3v) is 6.65. The molecule has 33 heavy (non-hydrogen) atoms. The molecule has 0 saturated heterocycles. The first-order valence-electron chi connectivity index (χ1n) is 10.9. The summed E-state index contributed by atoms with van der Waals surface area (Å²) in [7, 11) is -2.16. The average molecular weight is 477 g/mol. The third-order valence-electron chi connectivity index (χ3n) is 5.41. The molecule has 1 heterocycles. The first kappa shape index (κ1) is 24.7. The maximum Gasteiger partial charge on any atom is 0.244 e. The van der Waals surface area contributed by atoms with Crippen molar-refractivity contribution in [2.45, 2.75) is 39.3 Å². The van der Waals surface area contributed by atoms with E-state index < -0.39 is 22.0 Å². The number of carbonyl (C=O) groups is 1. The number of methoxy groups -OCH3 is 1. The zero-order valence-electron chi connectivity index (χ0n) is 19.7. The maximum atomic E-state index is 13.3. The Hall–Kier alpha value is -2.94. The summed E-state index contributed by atoms with van der Waals surface area (Å²) in [4.78, 5) is 13.3. The van der Waals surface area contributed by atoms with Gasteiger partial charge in [-0.3, -0.25) is 9.10 Å². The van der Waals surface area contributed by atoms with Gasteiger partial charge in [0.25, 0.3) is 0 Å². The van der Waals surface area contributed by atoms with Crippen LogP contribution in [0.4, 0.5) is 5.69 Å². The van der Waals surface area contributed by atoms with Crippen molar-refractivity contribution in [3.8, 4) is 17.2 Å². The van der Waals surface area contributed by atoms with Gasteiger partial charge in [-0.05, 0) is 49.1 Å². The molecule has 0 aliphatic carbocycles. The van der Waals surface area contributed by atoms with Crippen LogP contribution in [0.15, 0.2) is 42.5 Å². The summed E-state index contributed by atoms with van der Waals surface area (Å²) in [6, 6.07) is 11.1. The van der Waals surface area contributed by atoms with E-state index in [1.54, 1.807) is 32.2 Å². The molecule has 9 heteroatoms. The minimum atomic E-state index is -3.76. The van der Waals surface area contributed by atoms with Gasteiger partial charge in [-0.2, -0.15) is 0 Å². The average Bonchev–Trinajstić information content (AvgIpc) is 2.77. The Balaban J connectivity index is 1.87. The van der Waals surface area contributed by atoms with Crippen LogP contribution in [0.5, 0.6) is 17.2 Å². The maximum absolute atomic E-state index is 13.3. The minimum Gasteiger partial charge on any atom is -0.497 e. The fraction of sp³-hybridized carbons (Fsp3) is 0.458. The summed E-state index contributed by atoms with van der Waals surface area (Å²) < 4.78 is 42.9. The van der Waals surface area contributed by atoms with E-state index in [9.17, 15) is 13.2 Å². The van der Waals surface area contributed by atoms with Crippen LogP contribution in [-0.4, -0.2) is 46.9 Å². The second-order valence-corrected chi connectivity index (χ2v) is 10.4. The number of rotatable bonds is 9. The lowest BCUT2D eigenvalue weighted by Gasteiger charge is -2.31. The topological polar surface area (TPSA) is 94.2 Å². The van der Waals surface area contributed by atoms with Gasteiger partial charge in [0.1, 0.15) is 25.0 Å². The number of hydrogen-bond acceptors (Lipinski definition) is 6.